The van der Waals surface area contributed by atoms with Crippen LogP contribution in [0.4, 0.5) is 0 Å². The van der Waals surface area contributed by atoms with Crippen LogP contribution in [0.15, 0.2) is 30.3 Å². The topological polar surface area (TPSA) is 92.8 Å². The first-order valence-electron chi connectivity index (χ1n) is 10.3. The van der Waals surface area contributed by atoms with Crippen LogP contribution in [-0.2, 0) is 23.9 Å². The number of carbonyl (C=O) groups excluding carboxylic acids is 4. The number of imide groups is 1. The Kier molecular flexibility index (Phi) is 5.15. The molecule has 1 aromatic rings. The van der Waals surface area contributed by atoms with E-state index in [1.807, 2.05) is 37.3 Å². The zero-order valence-electron chi connectivity index (χ0n) is 16.7. The molecular weight excluding hydrogens is 372 g/mol. The molecule has 154 valence electrons. The minimum atomic E-state index is -1.01. The van der Waals surface area contributed by atoms with Crippen LogP contribution in [-0.4, -0.2) is 41.2 Å². The van der Waals surface area contributed by atoms with Gasteiger partial charge in [-0.25, -0.2) is 4.79 Å². The molecule has 6 atom stereocenters. The van der Waals surface area contributed by atoms with Crippen LogP contribution < -0.4 is 5.32 Å². The molecule has 0 spiro atoms. The Morgan fingerprint density at radius 2 is 1.66 bits per heavy atom. The fourth-order valence-electron chi connectivity index (χ4n) is 5.28. The lowest BCUT2D eigenvalue weighted by Gasteiger charge is -2.23. The van der Waals surface area contributed by atoms with Crippen molar-refractivity contribution in [1.29, 1.82) is 0 Å². The van der Waals surface area contributed by atoms with E-state index >= 15 is 0 Å². The standard InChI is InChI=1S/C22H26N2O5/c1-12(14-6-4-3-5-7-14)23-17(25)11-29-22(28)13(2)24-20(26)18-15-8-9-16(10-15)19(18)21(24)27/h3-7,12-13,15-16,18-19H,8-11H2,1-2H3,(H,23,25)/t12-,13+,15-,16+,18-,19+/m1/s1. The monoisotopic (exact) mass is 398 g/mol. The third-order valence-corrected chi connectivity index (χ3v) is 6.71. The van der Waals surface area contributed by atoms with E-state index < -0.39 is 24.5 Å². The average molecular weight is 398 g/mol. The quantitative estimate of drug-likeness (QED) is 0.583. The number of benzene rings is 1. The van der Waals surface area contributed by atoms with Crippen molar-refractivity contribution in [2.24, 2.45) is 23.7 Å². The molecule has 2 saturated carbocycles. The van der Waals surface area contributed by atoms with Crippen molar-refractivity contribution in [3.8, 4) is 0 Å². The second kappa shape index (κ2) is 7.61. The van der Waals surface area contributed by atoms with Gasteiger partial charge in [0.15, 0.2) is 6.61 Å². The summed E-state index contributed by atoms with van der Waals surface area (Å²) >= 11 is 0. The normalized spacial score (nSPS) is 29.5. The highest BCUT2D eigenvalue weighted by Crippen LogP contribution is 2.56. The van der Waals surface area contributed by atoms with Crippen molar-refractivity contribution < 1.29 is 23.9 Å². The first-order valence-corrected chi connectivity index (χ1v) is 10.3. The molecule has 29 heavy (non-hydrogen) atoms. The lowest BCUT2D eigenvalue weighted by molar-refractivity contribution is -0.160. The van der Waals surface area contributed by atoms with Gasteiger partial charge in [0.25, 0.3) is 5.91 Å². The molecule has 7 heteroatoms. The van der Waals surface area contributed by atoms with Crippen LogP contribution >= 0.6 is 0 Å². The number of nitrogens with one attached hydrogen (secondary N) is 1. The predicted molar refractivity (Wildman–Crippen MR) is 103 cm³/mol. The predicted octanol–water partition coefficient (Wildman–Crippen LogP) is 1.83. The molecule has 1 aliphatic heterocycles. The van der Waals surface area contributed by atoms with Crippen molar-refractivity contribution in [1.82, 2.24) is 10.2 Å². The lowest BCUT2D eigenvalue weighted by Crippen LogP contribution is -2.46. The summed E-state index contributed by atoms with van der Waals surface area (Å²) in [5.74, 6) is -1.69. The third-order valence-electron chi connectivity index (χ3n) is 6.71. The maximum absolute atomic E-state index is 12.8. The van der Waals surface area contributed by atoms with E-state index in [9.17, 15) is 19.2 Å². The van der Waals surface area contributed by atoms with Crippen molar-refractivity contribution >= 4 is 23.7 Å². The van der Waals surface area contributed by atoms with Gasteiger partial charge in [0, 0.05) is 0 Å². The van der Waals surface area contributed by atoms with E-state index in [1.165, 1.54) is 6.92 Å². The molecular formula is C22H26N2O5. The lowest BCUT2D eigenvalue weighted by atomic mass is 9.81. The fourth-order valence-corrected chi connectivity index (χ4v) is 5.28. The van der Waals surface area contributed by atoms with Gasteiger partial charge in [-0.1, -0.05) is 30.3 Å². The van der Waals surface area contributed by atoms with E-state index in [2.05, 4.69) is 5.32 Å². The van der Waals surface area contributed by atoms with Crippen LogP contribution in [0, 0.1) is 23.7 Å². The average Bonchev–Trinajstić information content (AvgIpc) is 3.40. The number of likely N-dealkylation sites (tertiary alicyclic amines) is 1. The minimum Gasteiger partial charge on any atom is -0.454 e. The maximum atomic E-state index is 12.8. The first-order chi connectivity index (χ1) is 13.9. The van der Waals surface area contributed by atoms with E-state index in [4.69, 9.17) is 4.74 Å². The molecule has 1 aromatic carbocycles. The number of hydrogen-bond donors (Lipinski definition) is 1. The van der Waals surface area contributed by atoms with Crippen LogP contribution in [0.1, 0.15) is 44.7 Å². The maximum Gasteiger partial charge on any atom is 0.329 e. The first kappa shape index (κ1) is 19.6. The number of nitrogens with zero attached hydrogens (tertiary/aromatic N) is 1. The highest BCUT2D eigenvalue weighted by Gasteiger charge is 2.62. The molecule has 1 saturated heterocycles. The summed E-state index contributed by atoms with van der Waals surface area (Å²) < 4.78 is 5.11. The molecule has 2 bridgehead atoms. The molecule has 0 radical (unpaired) electrons. The molecule has 1 N–H and O–H groups in total. The van der Waals surface area contributed by atoms with Crippen LogP contribution in [0.3, 0.4) is 0 Å². The Labute approximate surface area is 169 Å². The summed E-state index contributed by atoms with van der Waals surface area (Å²) in [6.45, 7) is 2.88. The van der Waals surface area contributed by atoms with Crippen LogP contribution in [0.2, 0.25) is 0 Å². The number of ether oxygens (including phenoxy) is 1. The van der Waals surface area contributed by atoms with E-state index in [-0.39, 0.29) is 41.5 Å². The molecule has 2 aliphatic carbocycles. The van der Waals surface area contributed by atoms with Crippen molar-refractivity contribution in [2.75, 3.05) is 6.61 Å². The van der Waals surface area contributed by atoms with Gasteiger partial charge < -0.3 is 10.1 Å². The molecule has 3 fully saturated rings. The fraction of sp³-hybridized carbons (Fsp3) is 0.545. The molecule has 3 aliphatic rings. The smallest absolute Gasteiger partial charge is 0.329 e. The summed E-state index contributed by atoms with van der Waals surface area (Å²) in [5, 5.41) is 2.77. The Hall–Kier alpha value is -2.70. The van der Waals surface area contributed by atoms with Gasteiger partial charge in [0.1, 0.15) is 6.04 Å². The number of rotatable bonds is 6. The second-order valence-electron chi connectivity index (χ2n) is 8.41. The van der Waals surface area contributed by atoms with Gasteiger partial charge in [-0.3, -0.25) is 19.3 Å². The van der Waals surface area contributed by atoms with E-state index in [0.29, 0.717) is 0 Å². The Morgan fingerprint density at radius 1 is 1.07 bits per heavy atom. The molecule has 7 nitrogen and oxygen atoms in total. The number of carbonyl (C=O) groups is 4. The second-order valence-corrected chi connectivity index (χ2v) is 8.41. The van der Waals surface area contributed by atoms with Gasteiger partial charge >= 0.3 is 5.97 Å². The van der Waals surface area contributed by atoms with Crippen molar-refractivity contribution in [3.05, 3.63) is 35.9 Å². The number of fused-ring (bicyclic) bond motifs is 5. The van der Waals surface area contributed by atoms with Crippen LogP contribution in [0.5, 0.6) is 0 Å². The van der Waals surface area contributed by atoms with Crippen LogP contribution in [0.25, 0.3) is 0 Å². The van der Waals surface area contributed by atoms with Gasteiger partial charge in [-0.15, -0.1) is 0 Å². The SMILES string of the molecule is C[C@@H](NC(=O)COC(=O)[C@H](C)N1C(=O)[C@@H]2[C@@H]3CC[C@@H](C3)[C@@H]2C1=O)c1ccccc1. The highest BCUT2D eigenvalue weighted by molar-refractivity contribution is 6.08. The third kappa shape index (κ3) is 3.43. The summed E-state index contributed by atoms with van der Waals surface area (Å²) in [6.07, 6.45) is 2.91. The number of esters is 1. The molecule has 3 amide bonds. The summed E-state index contributed by atoms with van der Waals surface area (Å²) in [6, 6.07) is 8.20. The summed E-state index contributed by atoms with van der Waals surface area (Å²) in [5.41, 5.74) is 0.940. The van der Waals surface area contributed by atoms with Gasteiger partial charge in [0.2, 0.25) is 11.8 Å². The molecule has 0 unspecified atom stereocenters. The van der Waals surface area contributed by atoms with Gasteiger partial charge in [-0.05, 0) is 50.5 Å². The zero-order valence-corrected chi connectivity index (χ0v) is 16.7. The van der Waals surface area contributed by atoms with Gasteiger partial charge in [-0.2, -0.15) is 0 Å². The van der Waals surface area contributed by atoms with Gasteiger partial charge in [0.05, 0.1) is 17.9 Å². The van der Waals surface area contributed by atoms with Crippen molar-refractivity contribution in [2.45, 2.75) is 45.2 Å². The summed E-state index contributed by atoms with van der Waals surface area (Å²) in [4.78, 5) is 51.2. The largest absolute Gasteiger partial charge is 0.454 e. The molecule has 1 heterocycles. The number of amides is 3. The van der Waals surface area contributed by atoms with E-state index in [0.717, 1.165) is 29.7 Å². The zero-order chi connectivity index (χ0) is 20.7. The minimum absolute atomic E-state index is 0.226. The Morgan fingerprint density at radius 3 is 2.24 bits per heavy atom. The van der Waals surface area contributed by atoms with E-state index in [1.54, 1.807) is 0 Å². The van der Waals surface area contributed by atoms with Crippen molar-refractivity contribution in [3.63, 3.8) is 0 Å². The highest BCUT2D eigenvalue weighted by atomic mass is 16.5. The molecule has 0 aromatic heterocycles. The Bertz CT molecular complexity index is 811. The molecule has 4 rings (SSSR count). The number of hydrogen-bond acceptors (Lipinski definition) is 5. The Balaban J connectivity index is 1.31. The summed E-state index contributed by atoms with van der Waals surface area (Å²) in [7, 11) is 0.